The molecule has 0 aliphatic rings. The molecule has 0 saturated heterocycles. The van der Waals surface area contributed by atoms with Crippen LogP contribution in [0.2, 0.25) is 0 Å². The van der Waals surface area contributed by atoms with Crippen molar-refractivity contribution in [1.29, 1.82) is 0 Å². The number of rotatable bonds is 7. The first-order valence-electron chi connectivity index (χ1n) is 7.76. The molecular weight excluding hydrogens is 500 g/mol. The molecule has 1 amide bonds. The van der Waals surface area contributed by atoms with Crippen LogP contribution in [0, 0.1) is 17.0 Å². The van der Waals surface area contributed by atoms with Crippen LogP contribution in [0.15, 0.2) is 34.9 Å². The van der Waals surface area contributed by atoms with Gasteiger partial charge >= 0.3 is 11.9 Å². The van der Waals surface area contributed by atoms with E-state index in [0.717, 1.165) is 10.7 Å². The van der Waals surface area contributed by atoms with Gasteiger partial charge in [-0.05, 0) is 29.2 Å². The summed E-state index contributed by atoms with van der Waals surface area (Å²) in [6.45, 7) is 1.51. The van der Waals surface area contributed by atoms with Gasteiger partial charge in [-0.1, -0.05) is 50.7 Å². The van der Waals surface area contributed by atoms with Crippen molar-refractivity contribution >= 4 is 68.3 Å². The number of carbonyl (C=O) groups excluding carboxylic acids is 1. The van der Waals surface area contributed by atoms with E-state index in [4.69, 9.17) is 39.5 Å². The molecule has 1 aromatic carbocycles. The number of imidazole rings is 1. The van der Waals surface area contributed by atoms with E-state index in [-0.39, 0.29) is 19.0 Å². The summed E-state index contributed by atoms with van der Waals surface area (Å²) in [5.74, 6) is 0.226. The number of benzene rings is 1. The third-order valence-electron chi connectivity index (χ3n) is 3.51. The normalized spacial score (nSPS) is 12.3. The largest absolute Gasteiger partial charge is 0.445 e. The Morgan fingerprint density at radius 2 is 2.04 bits per heavy atom. The fourth-order valence-electron chi connectivity index (χ4n) is 2.18. The van der Waals surface area contributed by atoms with Gasteiger partial charge in [-0.15, -0.1) is 0 Å². The minimum Gasteiger partial charge on any atom is -0.445 e. The quantitative estimate of drug-likeness (QED) is 0.245. The molecule has 13 heteroatoms. The van der Waals surface area contributed by atoms with E-state index in [0.29, 0.717) is 11.5 Å². The van der Waals surface area contributed by atoms with Crippen molar-refractivity contribution in [3.63, 3.8) is 0 Å². The summed E-state index contributed by atoms with van der Waals surface area (Å²) in [6, 6.07) is 7.00. The van der Waals surface area contributed by atoms with Gasteiger partial charge in [0.2, 0.25) is 3.79 Å². The molecule has 1 heterocycles. The van der Waals surface area contributed by atoms with Crippen LogP contribution >= 0.6 is 50.7 Å². The summed E-state index contributed by atoms with van der Waals surface area (Å²) in [5.41, 5.74) is 0.601. The molecule has 2 aromatic rings. The van der Waals surface area contributed by atoms with Crippen molar-refractivity contribution in [3.8, 4) is 0 Å². The predicted octanol–water partition coefficient (Wildman–Crippen LogP) is 4.40. The third-order valence-corrected chi connectivity index (χ3v) is 4.70. The number of alkyl carbamates (subject to hydrolysis) is 1. The molecule has 0 spiro atoms. The molecule has 2 N–H and O–H groups in total. The van der Waals surface area contributed by atoms with Crippen LogP contribution in [-0.4, -0.2) is 37.1 Å². The molecule has 1 aromatic heterocycles. The summed E-state index contributed by atoms with van der Waals surface area (Å²) in [7, 11) is 0. The molecule has 9 nitrogen and oxygen atoms in total. The van der Waals surface area contributed by atoms with Gasteiger partial charge in [-0.3, -0.25) is 5.32 Å². The Morgan fingerprint density at radius 3 is 2.61 bits per heavy atom. The minimum absolute atomic E-state index is 0.0497. The fraction of sp³-hybridized carbons (Fsp3) is 0.333. The van der Waals surface area contributed by atoms with Crippen LogP contribution in [0.5, 0.6) is 0 Å². The summed E-state index contributed by atoms with van der Waals surface area (Å²) in [4.78, 5) is 26.3. The number of aryl methyl sites for hydroxylation is 1. The topological polar surface area (TPSA) is 111 Å². The van der Waals surface area contributed by atoms with Crippen LogP contribution in [-0.2, 0) is 11.3 Å². The molecule has 28 heavy (non-hydrogen) atoms. The molecule has 0 bridgehead atoms. The number of nitrogens with zero attached hydrogens (tertiary/aromatic N) is 3. The van der Waals surface area contributed by atoms with Gasteiger partial charge in [0.15, 0.2) is 5.82 Å². The van der Waals surface area contributed by atoms with Crippen LogP contribution < -0.4 is 10.6 Å². The zero-order chi connectivity index (χ0) is 20.9. The van der Waals surface area contributed by atoms with Crippen LogP contribution in [0.4, 0.5) is 16.3 Å². The van der Waals surface area contributed by atoms with Crippen molar-refractivity contribution < 1.29 is 14.5 Å². The number of ether oxygens (including phenoxy) is 1. The van der Waals surface area contributed by atoms with Crippen molar-refractivity contribution in [3.05, 3.63) is 50.9 Å². The van der Waals surface area contributed by atoms with Gasteiger partial charge in [-0.25, -0.2) is 14.3 Å². The molecule has 1 atom stereocenters. The molecule has 1 unspecified atom stereocenters. The number of carbonyl (C=O) groups is 1. The first-order valence-corrected chi connectivity index (χ1v) is 9.69. The number of hydrogen-bond donors (Lipinski definition) is 2. The van der Waals surface area contributed by atoms with Gasteiger partial charge in [0.05, 0.1) is 0 Å². The maximum absolute atomic E-state index is 12.1. The van der Waals surface area contributed by atoms with E-state index in [1.54, 1.807) is 31.2 Å². The summed E-state index contributed by atoms with van der Waals surface area (Å²) < 4.78 is 5.35. The van der Waals surface area contributed by atoms with Gasteiger partial charge in [-0.2, -0.15) is 0 Å². The Bertz CT molecular complexity index is 841. The zero-order valence-corrected chi connectivity index (χ0v) is 18.2. The van der Waals surface area contributed by atoms with Crippen molar-refractivity contribution in [2.45, 2.75) is 23.4 Å². The van der Waals surface area contributed by atoms with E-state index < -0.39 is 21.0 Å². The smallest absolute Gasteiger partial charge is 0.409 e. The van der Waals surface area contributed by atoms with E-state index in [1.807, 2.05) is 0 Å². The second-order valence-electron chi connectivity index (χ2n) is 5.48. The maximum Gasteiger partial charge on any atom is 0.409 e. The number of nitro groups is 1. The van der Waals surface area contributed by atoms with E-state index in [9.17, 15) is 14.9 Å². The Hall–Kier alpha value is -1.75. The van der Waals surface area contributed by atoms with Gasteiger partial charge in [0.25, 0.3) is 0 Å². The Balaban J connectivity index is 1.94. The Labute approximate surface area is 183 Å². The average molecular weight is 516 g/mol. The lowest BCUT2D eigenvalue weighted by Gasteiger charge is -2.27. The number of aromatic nitrogens is 2. The second kappa shape index (κ2) is 9.64. The lowest BCUT2D eigenvalue weighted by atomic mass is 10.3. The molecule has 0 aliphatic heterocycles. The lowest BCUT2D eigenvalue weighted by Crippen LogP contribution is -2.49. The van der Waals surface area contributed by atoms with E-state index >= 15 is 0 Å². The molecule has 2 rings (SSSR count). The standard InChI is InChI=1S/C15H15BrCl3N5O4/c1-9-20-8-12(24(26)27)23(9)6-7-28-14(25)22-13(15(17,18)19)21-11-4-2-10(16)3-5-11/h2-5,8,13,21H,6-7H2,1H3,(H,22,25). The highest BCUT2D eigenvalue weighted by molar-refractivity contribution is 9.10. The van der Waals surface area contributed by atoms with Crippen LogP contribution in [0.1, 0.15) is 5.82 Å². The van der Waals surface area contributed by atoms with Crippen LogP contribution in [0.25, 0.3) is 0 Å². The Kier molecular flexibility index (Phi) is 7.76. The van der Waals surface area contributed by atoms with Crippen molar-refractivity contribution in [1.82, 2.24) is 14.9 Å². The monoisotopic (exact) mass is 513 g/mol. The van der Waals surface area contributed by atoms with Crippen molar-refractivity contribution in [2.75, 3.05) is 11.9 Å². The lowest BCUT2D eigenvalue weighted by molar-refractivity contribution is -0.392. The van der Waals surface area contributed by atoms with Crippen LogP contribution in [0.3, 0.4) is 0 Å². The third kappa shape index (κ3) is 6.40. The summed E-state index contributed by atoms with van der Waals surface area (Å²) in [5, 5.41) is 16.2. The molecule has 0 saturated carbocycles. The molecule has 152 valence electrons. The summed E-state index contributed by atoms with van der Waals surface area (Å²) >= 11 is 21.1. The second-order valence-corrected chi connectivity index (χ2v) is 8.76. The van der Waals surface area contributed by atoms with Gasteiger partial charge in [0, 0.05) is 17.1 Å². The zero-order valence-electron chi connectivity index (χ0n) is 14.4. The maximum atomic E-state index is 12.1. The molecule has 0 fully saturated rings. The van der Waals surface area contributed by atoms with Gasteiger partial charge < -0.3 is 20.2 Å². The number of amides is 1. The highest BCUT2D eigenvalue weighted by atomic mass is 79.9. The first-order chi connectivity index (χ1) is 13.1. The SMILES string of the molecule is Cc1ncc([N+](=O)[O-])n1CCOC(=O)NC(Nc1ccc(Br)cc1)C(Cl)(Cl)Cl. The Morgan fingerprint density at radius 1 is 1.39 bits per heavy atom. The number of anilines is 1. The molecule has 0 aliphatic carbocycles. The highest BCUT2D eigenvalue weighted by Crippen LogP contribution is 2.31. The van der Waals surface area contributed by atoms with Crippen molar-refractivity contribution in [2.24, 2.45) is 0 Å². The van der Waals surface area contributed by atoms with E-state index in [1.165, 1.54) is 4.57 Å². The average Bonchev–Trinajstić information content (AvgIpc) is 2.96. The first kappa shape index (κ1) is 22.5. The number of alkyl halides is 3. The highest BCUT2D eigenvalue weighted by Gasteiger charge is 2.34. The fourth-order valence-corrected chi connectivity index (χ4v) is 2.77. The van der Waals surface area contributed by atoms with E-state index in [2.05, 4.69) is 31.5 Å². The predicted molar refractivity (Wildman–Crippen MR) is 110 cm³/mol. The molecular formula is C15H15BrCl3N5O4. The minimum atomic E-state index is -1.87. The summed E-state index contributed by atoms with van der Waals surface area (Å²) in [6.07, 6.45) is -0.812. The number of halogens is 4. The molecule has 0 radical (unpaired) electrons. The van der Waals surface area contributed by atoms with Gasteiger partial charge in [0.1, 0.15) is 25.5 Å². The number of hydrogen-bond acceptors (Lipinski definition) is 6. The number of nitrogens with one attached hydrogen (secondary N) is 2.